The number of pyridine rings is 1. The molecule has 3 unspecified atom stereocenters. The van der Waals surface area contributed by atoms with E-state index in [-0.39, 0.29) is 29.3 Å². The van der Waals surface area contributed by atoms with Gasteiger partial charge in [-0.15, -0.1) is 11.3 Å². The van der Waals surface area contributed by atoms with E-state index in [2.05, 4.69) is 59.3 Å². The third-order valence-electron chi connectivity index (χ3n) is 9.31. The van der Waals surface area contributed by atoms with Gasteiger partial charge >= 0.3 is 0 Å². The highest BCUT2D eigenvalue weighted by atomic mass is 32.1. The number of piperazine rings is 1. The maximum atomic E-state index is 13.9. The summed E-state index contributed by atoms with van der Waals surface area (Å²) in [4.78, 5) is 46.9. The lowest BCUT2D eigenvalue weighted by molar-refractivity contribution is 0.0726. The van der Waals surface area contributed by atoms with Crippen LogP contribution in [0.1, 0.15) is 50.5 Å². The molecule has 1 N–H and O–H groups in total. The highest BCUT2D eigenvalue weighted by molar-refractivity contribution is 7.12. The minimum atomic E-state index is -0.180. The summed E-state index contributed by atoms with van der Waals surface area (Å²) in [6.07, 6.45) is 1.04. The van der Waals surface area contributed by atoms with E-state index in [0.717, 1.165) is 37.4 Å². The lowest BCUT2D eigenvalue weighted by Gasteiger charge is -2.44. The molecule has 3 aliphatic rings. The van der Waals surface area contributed by atoms with Crippen LogP contribution in [0, 0.1) is 12.8 Å². The number of nitrogens with zero attached hydrogens (tertiary/aromatic N) is 4. The molecule has 2 saturated heterocycles. The first kappa shape index (κ1) is 28.4. The molecule has 2 fully saturated rings. The number of benzene rings is 2. The molecule has 44 heavy (non-hydrogen) atoms. The number of amides is 2. The van der Waals surface area contributed by atoms with Crippen LogP contribution in [-0.4, -0.2) is 60.0 Å². The van der Waals surface area contributed by atoms with Crippen LogP contribution in [0.3, 0.4) is 0 Å². The quantitative estimate of drug-likeness (QED) is 0.327. The summed E-state index contributed by atoms with van der Waals surface area (Å²) in [7, 11) is 0. The zero-order valence-corrected chi connectivity index (χ0v) is 25.9. The zero-order valence-electron chi connectivity index (χ0n) is 25.1. The van der Waals surface area contributed by atoms with Crippen molar-refractivity contribution in [3.05, 3.63) is 110 Å². The van der Waals surface area contributed by atoms with Crippen molar-refractivity contribution < 1.29 is 9.59 Å². The van der Waals surface area contributed by atoms with Crippen molar-refractivity contribution in [2.24, 2.45) is 5.92 Å². The average Bonchev–Trinajstić information content (AvgIpc) is 3.57. The number of aryl methyl sites for hydroxylation is 1. The third kappa shape index (κ3) is 5.41. The van der Waals surface area contributed by atoms with Gasteiger partial charge in [0.1, 0.15) is 0 Å². The lowest BCUT2D eigenvalue weighted by atomic mass is 9.83. The molecule has 2 aromatic heterocycles. The number of carbonyl (C=O) groups excluding carboxylic acids is 2. The summed E-state index contributed by atoms with van der Waals surface area (Å²) in [5.41, 5.74) is 5.67. The highest BCUT2D eigenvalue weighted by Gasteiger charge is 2.36. The van der Waals surface area contributed by atoms with Crippen molar-refractivity contribution in [3.63, 3.8) is 0 Å². The maximum Gasteiger partial charge on any atom is 0.265 e. The molecular formula is C35H37N5O3S. The molecule has 3 atom stereocenters. The standard InChI is InChI=1S/C35H37N5O3S/c1-23-6-3-7-28(16-23)39-14-13-37(19-24(39)2)35(43)26-11-12-31(29(18-26)36-34(42)32-9-5-15-44-32)38-20-25-17-27(22-38)30-8-4-10-33(41)40(30)21-25/h3-12,15-16,18,24-25,27H,13-14,17,19-22H2,1-2H3,(H,36,42). The summed E-state index contributed by atoms with van der Waals surface area (Å²) < 4.78 is 1.93. The molecule has 2 aromatic carbocycles. The van der Waals surface area contributed by atoms with Crippen LogP contribution >= 0.6 is 11.3 Å². The molecule has 2 amide bonds. The number of thiophene rings is 1. The van der Waals surface area contributed by atoms with Crippen molar-refractivity contribution in [1.29, 1.82) is 0 Å². The van der Waals surface area contributed by atoms with Crippen molar-refractivity contribution in [3.8, 4) is 0 Å². The van der Waals surface area contributed by atoms with Crippen molar-refractivity contribution in [2.75, 3.05) is 47.8 Å². The number of carbonyl (C=O) groups is 2. The van der Waals surface area contributed by atoms with Gasteiger partial charge in [0.25, 0.3) is 17.4 Å². The fraction of sp³-hybridized carbons (Fsp3) is 0.343. The predicted octanol–water partition coefficient (Wildman–Crippen LogP) is 5.45. The molecule has 0 radical (unpaired) electrons. The van der Waals surface area contributed by atoms with Gasteiger partial charge in [-0.25, -0.2) is 0 Å². The zero-order chi connectivity index (χ0) is 30.4. The van der Waals surface area contributed by atoms with Gasteiger partial charge in [0.15, 0.2) is 0 Å². The Morgan fingerprint density at radius 3 is 2.57 bits per heavy atom. The first-order valence-corrected chi connectivity index (χ1v) is 16.3. The van der Waals surface area contributed by atoms with E-state index in [1.165, 1.54) is 22.6 Å². The SMILES string of the molecule is Cc1cccc(N2CCN(C(=O)c3ccc(N4CC5CC(C4)c4cccc(=O)n4C5)c(NC(=O)c4cccs4)c3)CC2C)c1. The normalized spacial score (nSPS) is 21.1. The molecular weight excluding hydrogens is 570 g/mol. The van der Waals surface area contributed by atoms with E-state index in [0.29, 0.717) is 41.7 Å². The van der Waals surface area contributed by atoms with Crippen LogP contribution in [0.4, 0.5) is 17.1 Å². The second-order valence-electron chi connectivity index (χ2n) is 12.4. The number of fused-ring (bicyclic) bond motifs is 4. The Morgan fingerprint density at radius 1 is 0.909 bits per heavy atom. The van der Waals surface area contributed by atoms with E-state index < -0.39 is 0 Å². The predicted molar refractivity (Wildman–Crippen MR) is 176 cm³/mol. The van der Waals surface area contributed by atoms with Crippen LogP contribution in [0.2, 0.25) is 0 Å². The fourth-order valence-electron chi connectivity index (χ4n) is 7.24. The second-order valence-corrected chi connectivity index (χ2v) is 13.3. The Hall–Kier alpha value is -4.37. The van der Waals surface area contributed by atoms with E-state index in [1.807, 2.05) is 51.2 Å². The monoisotopic (exact) mass is 607 g/mol. The number of aromatic nitrogens is 1. The highest BCUT2D eigenvalue weighted by Crippen LogP contribution is 2.39. The average molecular weight is 608 g/mol. The van der Waals surface area contributed by atoms with Crippen LogP contribution in [0.15, 0.2) is 83.0 Å². The summed E-state index contributed by atoms with van der Waals surface area (Å²) >= 11 is 1.39. The van der Waals surface area contributed by atoms with E-state index in [4.69, 9.17) is 0 Å². The van der Waals surface area contributed by atoms with Crippen molar-refractivity contribution >= 4 is 40.2 Å². The molecule has 3 aliphatic heterocycles. The van der Waals surface area contributed by atoms with Crippen LogP contribution in [0.5, 0.6) is 0 Å². The summed E-state index contributed by atoms with van der Waals surface area (Å²) in [6.45, 7) is 8.50. The van der Waals surface area contributed by atoms with Gasteiger partial charge in [0.2, 0.25) is 0 Å². The summed E-state index contributed by atoms with van der Waals surface area (Å²) in [5, 5.41) is 5.03. The minimum absolute atomic E-state index is 0.0252. The van der Waals surface area contributed by atoms with Crippen molar-refractivity contribution in [2.45, 2.75) is 38.8 Å². The van der Waals surface area contributed by atoms with Crippen molar-refractivity contribution in [1.82, 2.24) is 9.47 Å². The molecule has 226 valence electrons. The molecule has 5 heterocycles. The summed E-state index contributed by atoms with van der Waals surface area (Å²) in [6, 6.07) is 23.6. The minimum Gasteiger partial charge on any atom is -0.369 e. The maximum absolute atomic E-state index is 13.9. The summed E-state index contributed by atoms with van der Waals surface area (Å²) in [5.74, 6) is 0.350. The Balaban J connectivity index is 1.15. The molecule has 0 saturated carbocycles. The number of anilines is 3. The number of hydrogen-bond donors (Lipinski definition) is 1. The van der Waals surface area contributed by atoms with Gasteiger partial charge in [0, 0.05) is 74.2 Å². The smallest absolute Gasteiger partial charge is 0.265 e. The van der Waals surface area contributed by atoms with Gasteiger partial charge in [-0.05, 0) is 79.6 Å². The molecule has 2 bridgehead atoms. The van der Waals surface area contributed by atoms with Crippen LogP contribution < -0.4 is 20.7 Å². The third-order valence-corrected chi connectivity index (χ3v) is 10.2. The molecule has 8 nitrogen and oxygen atoms in total. The van der Waals surface area contributed by atoms with Crippen LogP contribution in [-0.2, 0) is 6.54 Å². The Bertz CT molecular complexity index is 1770. The molecule has 4 aromatic rings. The van der Waals surface area contributed by atoms with Gasteiger partial charge in [0.05, 0.1) is 16.3 Å². The number of hydrogen-bond acceptors (Lipinski definition) is 6. The number of piperidine rings is 1. The van der Waals surface area contributed by atoms with Gasteiger partial charge in [-0.3, -0.25) is 14.4 Å². The Kier molecular flexibility index (Phi) is 7.50. The number of rotatable bonds is 5. The topological polar surface area (TPSA) is 77.9 Å². The van der Waals surface area contributed by atoms with Gasteiger partial charge < -0.3 is 24.6 Å². The lowest BCUT2D eigenvalue weighted by Crippen LogP contribution is -2.53. The number of nitrogens with one attached hydrogen (secondary N) is 1. The van der Waals surface area contributed by atoms with Crippen LogP contribution in [0.25, 0.3) is 0 Å². The molecule has 9 heteroatoms. The first-order chi connectivity index (χ1) is 21.3. The Labute approximate surface area is 261 Å². The Morgan fingerprint density at radius 2 is 1.77 bits per heavy atom. The first-order valence-electron chi connectivity index (χ1n) is 15.4. The largest absolute Gasteiger partial charge is 0.369 e. The molecule has 0 spiro atoms. The van der Waals surface area contributed by atoms with Gasteiger partial charge in [-0.1, -0.05) is 24.3 Å². The fourth-order valence-corrected chi connectivity index (χ4v) is 7.86. The van der Waals surface area contributed by atoms with E-state index in [1.54, 1.807) is 6.07 Å². The van der Waals surface area contributed by atoms with E-state index in [9.17, 15) is 14.4 Å². The molecule has 0 aliphatic carbocycles. The van der Waals surface area contributed by atoms with E-state index >= 15 is 0 Å². The molecule has 7 rings (SSSR count). The van der Waals surface area contributed by atoms with Gasteiger partial charge in [-0.2, -0.15) is 0 Å². The second kappa shape index (κ2) is 11.6.